The summed E-state index contributed by atoms with van der Waals surface area (Å²) in [6, 6.07) is -6.18. The fourth-order valence-corrected chi connectivity index (χ4v) is 5.75. The molecule has 0 radical (unpaired) electrons. The van der Waals surface area contributed by atoms with Gasteiger partial charge in [0, 0.05) is 10.8 Å². The summed E-state index contributed by atoms with van der Waals surface area (Å²) in [4.78, 5) is 0. The van der Waals surface area contributed by atoms with Gasteiger partial charge in [0.05, 0.1) is 28.8 Å². The van der Waals surface area contributed by atoms with Crippen LogP contribution in [0.1, 0.15) is 28.8 Å². The van der Waals surface area contributed by atoms with E-state index >= 15 is 0 Å². The molecule has 1 nitrogen and oxygen atoms in total. The van der Waals surface area contributed by atoms with Crippen molar-refractivity contribution in [3.8, 4) is 44.5 Å². The number of hydrogen-bond acceptors (Lipinski definition) is 1. The predicted octanol–water partition coefficient (Wildman–Crippen LogP) is 12.6. The summed E-state index contributed by atoms with van der Waals surface area (Å²) in [6.45, 7) is 0. The first kappa shape index (κ1) is 12.2. The Labute approximate surface area is 291 Å². The number of para-hydroxylation sites is 1. The normalized spacial score (nSPS) is 18.1. The largest absolute Gasteiger partial charge is 0.456 e. The molecule has 0 aliphatic heterocycles. The minimum Gasteiger partial charge on any atom is -0.456 e. The van der Waals surface area contributed by atoms with E-state index in [4.69, 9.17) is 22.2 Å². The molecule has 210 valence electrons. The van der Waals surface area contributed by atoms with Crippen LogP contribution in [0.2, 0.25) is 0 Å². The highest BCUT2D eigenvalue weighted by Gasteiger charge is 2.20. The first-order valence-corrected chi connectivity index (χ1v) is 13.7. The Hall–Kier alpha value is -5.92. The minimum absolute atomic E-state index is 0.0738. The van der Waals surface area contributed by atoms with Gasteiger partial charge in [0.25, 0.3) is 0 Å². The van der Waals surface area contributed by atoms with Crippen LogP contribution >= 0.6 is 0 Å². The lowest BCUT2D eigenvalue weighted by Gasteiger charge is -2.18. The van der Waals surface area contributed by atoms with E-state index in [-0.39, 0.29) is 21.9 Å². The van der Waals surface area contributed by atoms with Gasteiger partial charge in [0.2, 0.25) is 0 Å². The Balaban J connectivity index is 1.52. The number of hydrogen-bond donors (Lipinski definition) is 0. The third kappa shape index (κ3) is 4.09. The Morgan fingerprint density at radius 2 is 0.867 bits per heavy atom. The molecule has 0 unspecified atom stereocenters. The minimum atomic E-state index is -1.01. The van der Waals surface area contributed by atoms with Crippen LogP contribution in [0.25, 0.3) is 88.0 Å². The van der Waals surface area contributed by atoms with Crippen LogP contribution in [-0.4, -0.2) is 0 Å². The van der Waals surface area contributed by atoms with E-state index in [1.807, 2.05) is 0 Å². The van der Waals surface area contributed by atoms with Gasteiger partial charge in [0.1, 0.15) is 11.2 Å². The monoisotopic (exact) mass is 593 g/mol. The molecule has 0 N–H and O–H groups in total. The number of furan rings is 1. The summed E-state index contributed by atoms with van der Waals surface area (Å²) in [5.41, 5.74) is -3.29. The molecule has 0 aliphatic rings. The summed E-state index contributed by atoms with van der Waals surface area (Å²) in [7, 11) is 0. The van der Waals surface area contributed by atoms with Gasteiger partial charge in [-0.3, -0.25) is 0 Å². The molecule has 45 heavy (non-hydrogen) atoms. The van der Waals surface area contributed by atoms with E-state index in [2.05, 4.69) is 0 Å². The van der Waals surface area contributed by atoms with Gasteiger partial charge < -0.3 is 4.42 Å². The molecule has 0 aliphatic carbocycles. The third-order valence-electron chi connectivity index (χ3n) is 7.61. The van der Waals surface area contributed by atoms with E-state index < -0.39 is 171 Å². The second-order valence-electron chi connectivity index (χ2n) is 10.0. The van der Waals surface area contributed by atoms with Crippen LogP contribution in [0, 0.1) is 0 Å². The number of fused-ring (bicyclic) bond motifs is 5. The Morgan fingerprint density at radius 3 is 1.53 bits per heavy atom. The molecule has 0 atom stereocenters. The van der Waals surface area contributed by atoms with Crippen molar-refractivity contribution in [1.29, 1.82) is 0 Å². The number of rotatable bonds is 4. The zero-order valence-corrected chi connectivity index (χ0v) is 22.9. The topological polar surface area (TPSA) is 13.1 Å². The maximum atomic E-state index is 9.58. The quantitative estimate of drug-likeness (QED) is 0.185. The molecule has 0 saturated carbocycles. The van der Waals surface area contributed by atoms with Gasteiger partial charge in [-0.2, -0.15) is 0 Å². The zero-order valence-electron chi connectivity index (χ0n) is 43.9. The third-order valence-corrected chi connectivity index (χ3v) is 7.61. The van der Waals surface area contributed by atoms with Gasteiger partial charge in [-0.05, 0) is 78.2 Å². The molecule has 0 bridgehead atoms. The van der Waals surface area contributed by atoms with Crippen molar-refractivity contribution >= 4 is 43.5 Å². The molecule has 1 heterocycles. The van der Waals surface area contributed by atoms with Crippen molar-refractivity contribution in [2.75, 3.05) is 0 Å². The molecule has 1 aromatic heterocycles. The van der Waals surface area contributed by atoms with Gasteiger partial charge in [-0.25, -0.2) is 0 Å². The van der Waals surface area contributed by atoms with E-state index in [0.717, 1.165) is 0 Å². The standard InChI is InChI=1S/C44H28O/c1-2-13-29(14-3-1)32-15-4-5-16-33(32)30-25-27-31(28-26-30)42-34-17-6-8-19-36(34)43(37-20-9-7-18-35(37)42)39-22-12-24-41-44(39)38-21-10-11-23-40(38)45-41/h1-28H/i1D,2D,3D,4D,5D,6D,7D,8D,9D,13D,14D,15D,16D,17D,18D,19D,20D,25D,26D,27D,28D. The smallest absolute Gasteiger partial charge is 0.136 e. The molecule has 9 aromatic rings. The second kappa shape index (κ2) is 10.4. The average molecular weight is 594 g/mol. The van der Waals surface area contributed by atoms with Crippen LogP contribution in [0.3, 0.4) is 0 Å². The fraction of sp³-hybridized carbons (Fsp3) is 0. The van der Waals surface area contributed by atoms with Crippen LogP contribution < -0.4 is 0 Å². The summed E-state index contributed by atoms with van der Waals surface area (Å²) in [6.07, 6.45) is 0. The molecule has 0 saturated heterocycles. The fourth-order valence-electron chi connectivity index (χ4n) is 5.75. The SMILES string of the molecule is [2H]c1c([2H])c([2H])c(-c2c([2H])c([2H])c([2H])c([2H])c2-c2c([2H])c([2H])c(-c3c4c([2H])c([2H])c([2H])c([2H])c4c(-c4cccc5oc6ccccc6c45)c4c([2H])c([2H])c([2H])c([2H])c34)c([2H])c2[2H])c([2H])c1[2H]. The van der Waals surface area contributed by atoms with Crippen molar-refractivity contribution in [2.45, 2.75) is 0 Å². The molecule has 9 rings (SSSR count). The van der Waals surface area contributed by atoms with Crippen molar-refractivity contribution in [1.82, 2.24) is 0 Å². The van der Waals surface area contributed by atoms with E-state index in [1.165, 1.54) is 0 Å². The molecule has 8 aromatic carbocycles. The summed E-state index contributed by atoms with van der Waals surface area (Å²) in [5.74, 6) is 0. The lowest BCUT2D eigenvalue weighted by molar-refractivity contribution is 0.669. The van der Waals surface area contributed by atoms with Gasteiger partial charge in [-0.15, -0.1) is 0 Å². The lowest BCUT2D eigenvalue weighted by atomic mass is 9.84. The van der Waals surface area contributed by atoms with Crippen molar-refractivity contribution in [2.24, 2.45) is 0 Å². The van der Waals surface area contributed by atoms with E-state index in [1.54, 1.807) is 42.5 Å². The Kier molecular flexibility index (Phi) is 2.82. The zero-order chi connectivity index (χ0) is 48.0. The van der Waals surface area contributed by atoms with Gasteiger partial charge in [-0.1, -0.05) is 157 Å². The second-order valence-corrected chi connectivity index (χ2v) is 10.0. The highest BCUT2D eigenvalue weighted by molar-refractivity contribution is 6.25. The van der Waals surface area contributed by atoms with Crippen LogP contribution in [0.15, 0.2) is 174 Å². The van der Waals surface area contributed by atoms with E-state index in [0.29, 0.717) is 21.9 Å². The van der Waals surface area contributed by atoms with Crippen LogP contribution in [0.5, 0.6) is 0 Å². The molecule has 0 spiro atoms. The lowest BCUT2D eigenvalue weighted by Crippen LogP contribution is -1.91. The molecule has 0 amide bonds. The average Bonchev–Trinajstić information content (AvgIpc) is 3.69. The van der Waals surface area contributed by atoms with Crippen LogP contribution in [0.4, 0.5) is 0 Å². The first-order valence-electron chi connectivity index (χ1n) is 24.2. The maximum absolute atomic E-state index is 9.58. The summed E-state index contributed by atoms with van der Waals surface area (Å²) in [5, 5.41) is -0.478. The number of benzene rings is 8. The van der Waals surface area contributed by atoms with Gasteiger partial charge in [0.15, 0.2) is 0 Å². The van der Waals surface area contributed by atoms with Gasteiger partial charge >= 0.3 is 0 Å². The summed E-state index contributed by atoms with van der Waals surface area (Å²) >= 11 is 0. The van der Waals surface area contributed by atoms with Crippen molar-refractivity contribution in [3.05, 3.63) is 169 Å². The van der Waals surface area contributed by atoms with Crippen LogP contribution in [-0.2, 0) is 0 Å². The molecule has 0 fully saturated rings. The van der Waals surface area contributed by atoms with Crippen molar-refractivity contribution < 1.29 is 33.2 Å². The molecular weight excluding hydrogens is 544 g/mol. The first-order chi connectivity index (χ1) is 31.1. The summed E-state index contributed by atoms with van der Waals surface area (Å²) < 4.78 is 194. The Morgan fingerprint density at radius 1 is 0.356 bits per heavy atom. The Bertz CT molecular complexity index is 3590. The van der Waals surface area contributed by atoms with Crippen molar-refractivity contribution in [3.63, 3.8) is 0 Å². The van der Waals surface area contributed by atoms with E-state index in [9.17, 15) is 11.0 Å². The highest BCUT2D eigenvalue weighted by Crippen LogP contribution is 2.47. The molecule has 1 heteroatoms. The maximum Gasteiger partial charge on any atom is 0.136 e. The highest BCUT2D eigenvalue weighted by atomic mass is 16.3. The molecular formula is C44H28O. The predicted molar refractivity (Wildman–Crippen MR) is 190 cm³/mol.